The number of hydrogen-bond acceptors (Lipinski definition) is 4. The zero-order valence-corrected chi connectivity index (χ0v) is 62.4. The summed E-state index contributed by atoms with van der Waals surface area (Å²) in [7, 11) is 0. The maximum absolute atomic E-state index is 5.19. The van der Waals surface area contributed by atoms with E-state index in [0.717, 1.165) is 56.1 Å². The predicted octanol–water partition coefficient (Wildman–Crippen LogP) is 29.3. The molecule has 3 heterocycles. The minimum Gasteiger partial charge on any atom is -0.263 e. The lowest BCUT2D eigenvalue weighted by molar-refractivity contribution is 0.660. The minimum absolute atomic E-state index is 0.0173. The lowest BCUT2D eigenvalue weighted by Crippen LogP contribution is -2.14. The predicted molar refractivity (Wildman–Crippen MR) is 479 cm³/mol. The van der Waals surface area contributed by atoms with E-state index in [1.807, 2.05) is 30.7 Å². The zero-order chi connectivity index (χ0) is 75.1. The van der Waals surface area contributed by atoms with Crippen LogP contribution in [-0.2, 0) is 5.41 Å². The summed E-state index contributed by atoms with van der Waals surface area (Å²) in [5.41, 5.74) is 19.7. The van der Waals surface area contributed by atoms with E-state index in [1.54, 1.807) is 0 Å². The third-order valence-corrected chi connectivity index (χ3v) is 23.5. The van der Waals surface area contributed by atoms with E-state index in [4.69, 9.17) is 19.9 Å². The van der Waals surface area contributed by atoms with E-state index in [2.05, 4.69) is 384 Å². The molecule has 0 bridgehead atoms. The van der Waals surface area contributed by atoms with Gasteiger partial charge in [-0.05, 0) is 212 Å². The molecule has 0 fully saturated rings. The van der Waals surface area contributed by atoms with Gasteiger partial charge in [-0.1, -0.05) is 347 Å². The van der Waals surface area contributed by atoms with Crippen molar-refractivity contribution in [2.75, 3.05) is 0 Å². The Labute approximate surface area is 654 Å². The van der Waals surface area contributed by atoms with E-state index in [-0.39, 0.29) is 5.41 Å². The topological polar surface area (TPSA) is 51.6 Å². The summed E-state index contributed by atoms with van der Waals surface area (Å²) < 4.78 is 0. The molecule has 113 heavy (non-hydrogen) atoms. The first-order valence-electron chi connectivity index (χ1n) is 38.9. The molecule has 3 aromatic heterocycles. The number of hydrogen-bond donors (Lipinski definition) is 0. The van der Waals surface area contributed by atoms with E-state index in [1.165, 1.54) is 163 Å². The van der Waals surface area contributed by atoms with Gasteiger partial charge in [0.2, 0.25) is 0 Å². The Bertz CT molecular complexity index is 7520. The molecule has 0 amide bonds. The molecule has 0 unspecified atom stereocenters. The molecule has 1 aliphatic carbocycles. The van der Waals surface area contributed by atoms with Crippen molar-refractivity contribution in [1.29, 1.82) is 0 Å². The van der Waals surface area contributed by atoms with Crippen LogP contribution in [-0.4, -0.2) is 19.9 Å². The molecule has 1 aliphatic rings. The maximum Gasteiger partial charge on any atom is 0.161 e. The second-order valence-corrected chi connectivity index (χ2v) is 30.2. The quantitative estimate of drug-likeness (QED) is 0.149. The van der Waals surface area contributed by atoms with Crippen LogP contribution in [0.4, 0.5) is 0 Å². The first kappa shape index (κ1) is 66.6. The van der Waals surface area contributed by atoms with Gasteiger partial charge in [-0.15, -0.1) is 0 Å². The molecule has 0 atom stereocenters. The zero-order valence-electron chi connectivity index (χ0n) is 62.4. The average molecular weight is 1440 g/mol. The van der Waals surface area contributed by atoms with E-state index in [9.17, 15) is 0 Å². The fourth-order valence-corrected chi connectivity index (χ4v) is 18.0. The third-order valence-electron chi connectivity index (χ3n) is 23.5. The van der Waals surface area contributed by atoms with Crippen molar-refractivity contribution in [3.8, 4) is 89.7 Å². The van der Waals surface area contributed by atoms with Crippen LogP contribution >= 0.6 is 0 Å². The molecule has 0 saturated heterocycles. The highest BCUT2D eigenvalue weighted by Crippen LogP contribution is 2.51. The van der Waals surface area contributed by atoms with Crippen LogP contribution in [0.25, 0.3) is 208 Å². The molecular weight excluding hydrogens is 1370 g/mol. The SMILES string of the molecule is CC1(C)c2ccccc2-c2ccc(-c3cncc(-c4ccc5ccc6c7ccccc7ccc6c5c4)c3)cc21.c1ccc(-c2cc(-c3ccccc3)nc(-c3cc4c5ccccc5c5ccccc5c4c4ccccc34)n2)cc1.c1ccc(-c2ccnc(-c3cc4c5ccccc5c5ccccc5c4c4ccccc34)c2)cc1. The van der Waals surface area contributed by atoms with E-state index in [0.29, 0.717) is 0 Å². The molecule has 0 radical (unpaired) electrons. The Morgan fingerprint density at radius 2 is 0.593 bits per heavy atom. The summed E-state index contributed by atoms with van der Waals surface area (Å²) in [4.78, 5) is 19.9. The van der Waals surface area contributed by atoms with Crippen molar-refractivity contribution in [3.05, 3.63) is 412 Å². The number of nitrogens with zero attached hydrogens (tertiary/aromatic N) is 4. The average Bonchev–Trinajstić information content (AvgIpc) is 1.68. The van der Waals surface area contributed by atoms with Crippen molar-refractivity contribution < 1.29 is 0 Å². The summed E-state index contributed by atoms with van der Waals surface area (Å²) in [6, 6.07) is 137. The second-order valence-electron chi connectivity index (χ2n) is 30.2. The molecule has 4 heteroatoms. The molecule has 23 rings (SSSR count). The van der Waals surface area contributed by atoms with Gasteiger partial charge in [0.05, 0.1) is 17.1 Å². The number of benzene rings is 19. The summed E-state index contributed by atoms with van der Waals surface area (Å²) >= 11 is 0. The monoisotopic (exact) mass is 1440 g/mol. The number of pyridine rings is 2. The smallest absolute Gasteiger partial charge is 0.161 e. The number of aromatic nitrogens is 4. The Hall–Kier alpha value is -14.6. The molecule has 22 aromatic rings. The lowest BCUT2D eigenvalue weighted by atomic mass is 9.81. The Morgan fingerprint density at radius 3 is 1.17 bits per heavy atom. The molecule has 0 N–H and O–H groups in total. The fraction of sp³-hybridized carbons (Fsp3) is 0.0275. The molecule has 0 saturated carbocycles. The van der Waals surface area contributed by atoms with Gasteiger partial charge in [0, 0.05) is 57.4 Å². The van der Waals surface area contributed by atoms with Crippen LogP contribution < -0.4 is 0 Å². The highest BCUT2D eigenvalue weighted by Gasteiger charge is 2.35. The molecule has 4 nitrogen and oxygen atoms in total. The third kappa shape index (κ3) is 11.5. The Balaban J connectivity index is 0.000000107. The van der Waals surface area contributed by atoms with Crippen molar-refractivity contribution in [2.45, 2.75) is 19.3 Å². The van der Waals surface area contributed by atoms with Crippen LogP contribution in [0.5, 0.6) is 0 Å². The largest absolute Gasteiger partial charge is 0.263 e. The van der Waals surface area contributed by atoms with Gasteiger partial charge < -0.3 is 0 Å². The highest BCUT2D eigenvalue weighted by molar-refractivity contribution is 6.34. The van der Waals surface area contributed by atoms with Crippen molar-refractivity contribution in [2.24, 2.45) is 0 Å². The van der Waals surface area contributed by atoms with Gasteiger partial charge >= 0.3 is 0 Å². The van der Waals surface area contributed by atoms with Crippen LogP contribution in [0.2, 0.25) is 0 Å². The van der Waals surface area contributed by atoms with Gasteiger partial charge in [0.15, 0.2) is 5.82 Å². The Morgan fingerprint density at radius 1 is 0.204 bits per heavy atom. The van der Waals surface area contributed by atoms with E-state index < -0.39 is 0 Å². The van der Waals surface area contributed by atoms with Crippen LogP contribution in [0.1, 0.15) is 25.0 Å². The minimum atomic E-state index is -0.0173. The fourth-order valence-electron chi connectivity index (χ4n) is 18.0. The van der Waals surface area contributed by atoms with Gasteiger partial charge in [0.1, 0.15) is 0 Å². The second kappa shape index (κ2) is 27.5. The number of rotatable bonds is 7. The summed E-state index contributed by atoms with van der Waals surface area (Å²) in [6.45, 7) is 4.66. The normalized spacial score (nSPS) is 12.2. The number of fused-ring (bicyclic) bond motifs is 24. The standard InChI is InChI=1S/C38H24N2.C38H27N.C33H21N/c1-3-13-25(14-4-1)35-24-36(26-15-5-2-6-16-26)40-38(39-35)34-23-33-29-19-8-7-17-27(29)28-18-9-11-21-31(28)37(33)32-22-12-10-20-30(32)34;1-38(2)36-10-6-5-9-33(36)34-18-15-27(21-37(34)38)29-19-28(22-39-23-29)26-12-11-25-14-16-31-30-8-4-3-7-24(30)13-17-32(31)35(25)20-26;1-2-10-22(11-3-1)23-18-19-34-32(20-23)30-21-31-26-14-5-4-12-24(26)25-13-6-8-16-28(25)33(31)29-17-9-7-15-27(29)30/h1-24H;3-23H,1-2H3;1-21H. The van der Waals surface area contributed by atoms with Crippen molar-refractivity contribution in [1.82, 2.24) is 19.9 Å². The molecular formula is C109H72N4. The molecule has 528 valence electrons. The van der Waals surface area contributed by atoms with Gasteiger partial charge in [0.25, 0.3) is 0 Å². The van der Waals surface area contributed by atoms with Crippen LogP contribution in [0.15, 0.2) is 401 Å². The summed E-state index contributed by atoms with van der Waals surface area (Å²) in [5.74, 6) is 0.732. The first-order valence-corrected chi connectivity index (χ1v) is 38.9. The molecule has 19 aromatic carbocycles. The molecule has 0 spiro atoms. The van der Waals surface area contributed by atoms with Crippen LogP contribution in [0.3, 0.4) is 0 Å². The maximum atomic E-state index is 5.19. The van der Waals surface area contributed by atoms with Crippen LogP contribution in [0, 0.1) is 0 Å². The van der Waals surface area contributed by atoms with Gasteiger partial charge in [-0.3, -0.25) is 9.97 Å². The van der Waals surface area contributed by atoms with Crippen molar-refractivity contribution >= 4 is 118 Å². The highest BCUT2D eigenvalue weighted by atomic mass is 14.9. The lowest BCUT2D eigenvalue weighted by Gasteiger charge is -2.22. The van der Waals surface area contributed by atoms with E-state index >= 15 is 0 Å². The Kier molecular flexibility index (Phi) is 16.2. The summed E-state index contributed by atoms with van der Waals surface area (Å²) in [6.07, 6.45) is 5.90. The van der Waals surface area contributed by atoms with Gasteiger partial charge in [-0.25, -0.2) is 9.97 Å². The first-order chi connectivity index (χ1) is 55.8. The van der Waals surface area contributed by atoms with Crippen molar-refractivity contribution in [3.63, 3.8) is 0 Å². The molecule has 0 aliphatic heterocycles. The van der Waals surface area contributed by atoms with Gasteiger partial charge in [-0.2, -0.15) is 0 Å². The summed E-state index contributed by atoms with van der Waals surface area (Å²) in [5, 5.41) is 27.8.